The van der Waals surface area contributed by atoms with Crippen LogP contribution in [0.25, 0.3) is 0 Å². The lowest BCUT2D eigenvalue weighted by Crippen LogP contribution is -2.46. The lowest BCUT2D eigenvalue weighted by atomic mass is 9.92. The van der Waals surface area contributed by atoms with Crippen LogP contribution in [-0.2, 0) is 14.8 Å². The van der Waals surface area contributed by atoms with E-state index in [0.717, 1.165) is 11.1 Å². The van der Waals surface area contributed by atoms with E-state index in [-0.39, 0.29) is 37.1 Å². The van der Waals surface area contributed by atoms with Crippen molar-refractivity contribution in [3.05, 3.63) is 28.3 Å². The normalized spacial score (nSPS) is 17.7. The molecule has 0 spiro atoms. The van der Waals surface area contributed by atoms with Gasteiger partial charge in [0.1, 0.15) is 0 Å². The van der Waals surface area contributed by atoms with Gasteiger partial charge in [0.05, 0.1) is 5.25 Å². The van der Waals surface area contributed by atoms with Crippen molar-refractivity contribution < 1.29 is 18.0 Å². The number of sulfonamides is 1. The van der Waals surface area contributed by atoms with Gasteiger partial charge in [-0.15, -0.1) is 0 Å². The number of halogens is 1. The highest BCUT2D eigenvalue weighted by Crippen LogP contribution is 2.35. The average Bonchev–Trinajstić information content (AvgIpc) is 2.55. The Balaban J connectivity index is 2.26. The molecule has 9 heteroatoms. The Morgan fingerprint density at radius 2 is 1.74 bits per heavy atom. The zero-order valence-corrected chi connectivity index (χ0v) is 17.5. The highest BCUT2D eigenvalue weighted by Gasteiger charge is 2.32. The van der Waals surface area contributed by atoms with Crippen LogP contribution >= 0.6 is 11.6 Å². The van der Waals surface area contributed by atoms with Gasteiger partial charge in [-0.1, -0.05) is 39.3 Å². The van der Waals surface area contributed by atoms with Crippen LogP contribution in [0, 0.1) is 0 Å². The second-order valence-corrected chi connectivity index (χ2v) is 9.73. The topological polar surface area (TPSA) is 104 Å². The summed E-state index contributed by atoms with van der Waals surface area (Å²) in [6.07, 6.45) is 0.113. The number of anilines is 1. The van der Waals surface area contributed by atoms with E-state index in [9.17, 15) is 18.0 Å². The number of hydrogen-bond acceptors (Lipinski definition) is 4. The molecule has 1 aliphatic rings. The number of hydrogen-bond donors (Lipinski definition) is 3. The van der Waals surface area contributed by atoms with E-state index in [4.69, 9.17) is 11.6 Å². The number of carbonyl (C=O) groups excluding carboxylic acids is 2. The zero-order chi connectivity index (χ0) is 20.4. The maximum absolute atomic E-state index is 12.5. The Morgan fingerprint density at radius 1 is 1.19 bits per heavy atom. The van der Waals surface area contributed by atoms with E-state index in [0.29, 0.717) is 10.7 Å². The van der Waals surface area contributed by atoms with Crippen molar-refractivity contribution in [2.75, 3.05) is 11.9 Å². The van der Waals surface area contributed by atoms with E-state index in [1.807, 2.05) is 27.7 Å². The second-order valence-electron chi connectivity index (χ2n) is 7.33. The SMILES string of the molecule is CC(C)c1cc(Cl)cc(C(C)C)c1NC(=O)NS(=O)(=O)C1CCNC(=O)C1. The van der Waals surface area contributed by atoms with Crippen LogP contribution in [0.15, 0.2) is 12.1 Å². The summed E-state index contributed by atoms with van der Waals surface area (Å²) in [5.41, 5.74) is 2.23. The van der Waals surface area contributed by atoms with Gasteiger partial charge < -0.3 is 10.6 Å². The first-order chi connectivity index (χ1) is 12.5. The van der Waals surface area contributed by atoms with Crippen molar-refractivity contribution in [2.45, 2.75) is 57.6 Å². The van der Waals surface area contributed by atoms with E-state index in [1.165, 1.54) is 0 Å². The number of benzene rings is 1. The molecule has 1 fully saturated rings. The van der Waals surface area contributed by atoms with Gasteiger partial charge in [-0.25, -0.2) is 17.9 Å². The summed E-state index contributed by atoms with van der Waals surface area (Å²) in [5, 5.41) is 4.91. The number of piperidine rings is 1. The molecule has 0 radical (unpaired) electrons. The lowest BCUT2D eigenvalue weighted by molar-refractivity contribution is -0.122. The monoisotopic (exact) mass is 415 g/mol. The Kier molecular flexibility index (Phi) is 6.75. The number of rotatable bonds is 5. The van der Waals surface area contributed by atoms with Crippen LogP contribution < -0.4 is 15.4 Å². The van der Waals surface area contributed by atoms with Gasteiger partial charge in [-0.2, -0.15) is 0 Å². The number of urea groups is 1. The fourth-order valence-electron chi connectivity index (χ4n) is 3.07. The smallest absolute Gasteiger partial charge is 0.332 e. The molecule has 1 unspecified atom stereocenters. The molecular weight excluding hydrogens is 390 g/mol. The fraction of sp³-hybridized carbons (Fsp3) is 0.556. The highest BCUT2D eigenvalue weighted by atomic mass is 35.5. The van der Waals surface area contributed by atoms with Crippen molar-refractivity contribution >= 4 is 39.2 Å². The molecule has 2 rings (SSSR count). The molecule has 1 aromatic carbocycles. The minimum Gasteiger partial charge on any atom is -0.356 e. The Morgan fingerprint density at radius 3 is 2.22 bits per heavy atom. The molecule has 1 heterocycles. The maximum Gasteiger partial charge on any atom is 0.332 e. The van der Waals surface area contributed by atoms with Gasteiger partial charge >= 0.3 is 6.03 Å². The third-order valence-electron chi connectivity index (χ3n) is 4.52. The molecule has 150 valence electrons. The molecule has 1 aliphatic heterocycles. The number of nitrogens with one attached hydrogen (secondary N) is 3. The van der Waals surface area contributed by atoms with Gasteiger partial charge in [0.25, 0.3) is 0 Å². The van der Waals surface area contributed by atoms with Crippen LogP contribution in [0.3, 0.4) is 0 Å². The molecule has 0 aliphatic carbocycles. The molecule has 0 saturated carbocycles. The minimum atomic E-state index is -3.96. The number of carbonyl (C=O) groups is 2. The van der Waals surface area contributed by atoms with E-state index >= 15 is 0 Å². The first-order valence-corrected chi connectivity index (χ1v) is 10.9. The molecule has 1 atom stereocenters. The summed E-state index contributed by atoms with van der Waals surface area (Å²) in [4.78, 5) is 23.9. The van der Waals surface area contributed by atoms with Crippen LogP contribution in [0.4, 0.5) is 10.5 Å². The number of amides is 3. The van der Waals surface area contributed by atoms with Crippen LogP contribution in [0.2, 0.25) is 5.02 Å². The van der Waals surface area contributed by atoms with E-state index < -0.39 is 21.3 Å². The van der Waals surface area contributed by atoms with E-state index in [2.05, 4.69) is 15.4 Å². The first kappa shape index (κ1) is 21.5. The van der Waals surface area contributed by atoms with Crippen molar-refractivity contribution in [1.29, 1.82) is 0 Å². The molecule has 0 bridgehead atoms. The summed E-state index contributed by atoms with van der Waals surface area (Å²) >= 11 is 6.21. The van der Waals surface area contributed by atoms with Gasteiger partial charge in [-0.3, -0.25) is 4.79 Å². The third kappa shape index (κ3) is 5.35. The summed E-state index contributed by atoms with van der Waals surface area (Å²) in [7, 11) is -3.96. The first-order valence-electron chi connectivity index (χ1n) is 8.94. The van der Waals surface area contributed by atoms with Crippen molar-refractivity contribution in [2.24, 2.45) is 0 Å². The quantitative estimate of drug-likeness (QED) is 0.686. The highest BCUT2D eigenvalue weighted by molar-refractivity contribution is 7.90. The molecule has 3 N–H and O–H groups in total. The average molecular weight is 416 g/mol. The third-order valence-corrected chi connectivity index (χ3v) is 6.49. The fourth-order valence-corrected chi connectivity index (χ4v) is 4.58. The van der Waals surface area contributed by atoms with E-state index in [1.54, 1.807) is 12.1 Å². The van der Waals surface area contributed by atoms with Gasteiger partial charge in [-0.05, 0) is 41.5 Å². The van der Waals surface area contributed by atoms with Gasteiger partial charge in [0.2, 0.25) is 15.9 Å². The molecule has 27 heavy (non-hydrogen) atoms. The molecule has 7 nitrogen and oxygen atoms in total. The van der Waals surface area contributed by atoms with Crippen molar-refractivity contribution in [1.82, 2.24) is 10.0 Å². The predicted octanol–water partition coefficient (Wildman–Crippen LogP) is 3.32. The van der Waals surface area contributed by atoms with Crippen molar-refractivity contribution in [3.63, 3.8) is 0 Å². The predicted molar refractivity (Wildman–Crippen MR) is 107 cm³/mol. The maximum atomic E-state index is 12.5. The Labute approximate surface area is 165 Å². The lowest BCUT2D eigenvalue weighted by Gasteiger charge is -2.24. The van der Waals surface area contributed by atoms with Crippen LogP contribution in [0.1, 0.15) is 63.5 Å². The zero-order valence-electron chi connectivity index (χ0n) is 15.9. The molecular formula is C18H26ClN3O4S. The van der Waals surface area contributed by atoms with Gasteiger partial charge in [0.15, 0.2) is 0 Å². The Bertz CT molecular complexity index is 808. The van der Waals surface area contributed by atoms with Crippen LogP contribution in [-0.4, -0.2) is 32.2 Å². The summed E-state index contributed by atoms with van der Waals surface area (Å²) in [6, 6.07) is 2.70. The second kappa shape index (κ2) is 8.48. The molecule has 1 aromatic rings. The standard InChI is InChI=1S/C18H26ClN3O4S/c1-10(2)14-7-12(19)8-15(11(3)4)17(14)21-18(24)22-27(25,26)13-5-6-20-16(23)9-13/h7-8,10-11,13H,5-6,9H2,1-4H3,(H,20,23)(H2,21,22,24). The van der Waals surface area contributed by atoms with Gasteiger partial charge in [0, 0.05) is 23.7 Å². The van der Waals surface area contributed by atoms with Crippen LogP contribution in [0.5, 0.6) is 0 Å². The summed E-state index contributed by atoms with van der Waals surface area (Å²) in [5.74, 6) is -0.177. The summed E-state index contributed by atoms with van der Waals surface area (Å²) in [6.45, 7) is 8.15. The molecule has 1 saturated heterocycles. The van der Waals surface area contributed by atoms with Crippen molar-refractivity contribution in [3.8, 4) is 0 Å². The molecule has 3 amide bonds. The molecule has 0 aromatic heterocycles. The largest absolute Gasteiger partial charge is 0.356 e. The Hall–Kier alpha value is -1.80. The minimum absolute atomic E-state index is 0.0788. The summed E-state index contributed by atoms with van der Waals surface area (Å²) < 4.78 is 27.0.